The van der Waals surface area contributed by atoms with Crippen LogP contribution in [0.1, 0.15) is 20.7 Å². The quantitative estimate of drug-likeness (QED) is 0.712. The van der Waals surface area contributed by atoms with Crippen LogP contribution in [0.5, 0.6) is 0 Å². The zero-order chi connectivity index (χ0) is 18.5. The first-order valence-corrected chi connectivity index (χ1v) is 8.17. The summed E-state index contributed by atoms with van der Waals surface area (Å²) in [5.41, 5.74) is 7.59. The smallest absolute Gasteiger partial charge is 0.271 e. The number of hydrogen-bond acceptors (Lipinski definition) is 3. The normalized spacial score (nSPS) is 10.2. The molecule has 0 atom stereocenters. The van der Waals surface area contributed by atoms with Crippen LogP contribution in [0.2, 0.25) is 0 Å². The van der Waals surface area contributed by atoms with Crippen LogP contribution in [0, 0.1) is 0 Å². The van der Waals surface area contributed by atoms with Gasteiger partial charge >= 0.3 is 0 Å². The number of para-hydroxylation sites is 1. The van der Waals surface area contributed by atoms with Crippen molar-refractivity contribution in [1.82, 2.24) is 15.4 Å². The topological polar surface area (TPSA) is 66.4 Å². The van der Waals surface area contributed by atoms with E-state index >= 15 is 0 Å². The molecule has 0 unspecified atom stereocenters. The van der Waals surface area contributed by atoms with E-state index in [9.17, 15) is 9.59 Å². The van der Waals surface area contributed by atoms with Crippen LogP contribution in [0.25, 0.3) is 5.69 Å². The first-order chi connectivity index (χ1) is 12.6. The number of nitrogens with one attached hydrogen (secondary N) is 2. The molecular weight excluding hydrogens is 328 g/mol. The van der Waals surface area contributed by atoms with E-state index in [1.54, 1.807) is 24.3 Å². The van der Waals surface area contributed by atoms with Crippen LogP contribution < -0.4 is 15.8 Å². The molecule has 2 aromatic carbocycles. The number of carbonyl (C=O) groups is 2. The first kappa shape index (κ1) is 17.3. The number of carbonyl (C=O) groups excluding carboxylic acids is 2. The Kier molecular flexibility index (Phi) is 5.03. The number of rotatable bonds is 4. The van der Waals surface area contributed by atoms with Gasteiger partial charge in [0, 0.05) is 37.7 Å². The number of anilines is 1. The monoisotopic (exact) mass is 348 g/mol. The molecule has 0 fully saturated rings. The van der Waals surface area contributed by atoms with Crippen molar-refractivity contribution in [2.45, 2.75) is 0 Å². The average Bonchev–Trinajstić information content (AvgIpc) is 3.20. The number of amides is 2. The molecule has 2 amide bonds. The fourth-order valence-electron chi connectivity index (χ4n) is 2.55. The van der Waals surface area contributed by atoms with E-state index in [1.165, 1.54) is 0 Å². The third-order valence-electron chi connectivity index (χ3n) is 3.97. The molecule has 26 heavy (non-hydrogen) atoms. The van der Waals surface area contributed by atoms with Crippen LogP contribution in [0.3, 0.4) is 0 Å². The number of nitrogens with zero attached hydrogens (tertiary/aromatic N) is 2. The van der Waals surface area contributed by atoms with Crippen molar-refractivity contribution < 1.29 is 9.59 Å². The molecule has 6 heteroatoms. The van der Waals surface area contributed by atoms with E-state index in [-0.39, 0.29) is 11.8 Å². The lowest BCUT2D eigenvalue weighted by Gasteiger charge is -2.13. The Morgan fingerprint density at radius 2 is 1.42 bits per heavy atom. The van der Waals surface area contributed by atoms with Gasteiger partial charge in [0.05, 0.1) is 11.3 Å². The zero-order valence-corrected chi connectivity index (χ0v) is 14.6. The fraction of sp³-hybridized carbons (Fsp3) is 0.100. The first-order valence-electron chi connectivity index (χ1n) is 8.17. The van der Waals surface area contributed by atoms with Crippen molar-refractivity contribution in [1.29, 1.82) is 0 Å². The van der Waals surface area contributed by atoms with Gasteiger partial charge in [-0.1, -0.05) is 12.1 Å². The Morgan fingerprint density at radius 1 is 0.808 bits per heavy atom. The lowest BCUT2D eigenvalue weighted by molar-refractivity contribution is 0.0846. The summed E-state index contributed by atoms with van der Waals surface area (Å²) in [5, 5.41) is 0. The van der Waals surface area contributed by atoms with Crippen molar-refractivity contribution in [2.24, 2.45) is 0 Å². The van der Waals surface area contributed by atoms with Gasteiger partial charge in [0.1, 0.15) is 0 Å². The summed E-state index contributed by atoms with van der Waals surface area (Å²) in [5.74, 6) is -0.755. The molecule has 6 nitrogen and oxygen atoms in total. The van der Waals surface area contributed by atoms with Gasteiger partial charge in [-0.3, -0.25) is 20.4 Å². The molecule has 2 N–H and O–H groups in total. The van der Waals surface area contributed by atoms with E-state index in [0.29, 0.717) is 11.1 Å². The predicted octanol–water partition coefficient (Wildman–Crippen LogP) is 2.62. The highest BCUT2D eigenvalue weighted by Crippen LogP contribution is 2.15. The second kappa shape index (κ2) is 7.57. The minimum Gasteiger partial charge on any atom is -0.378 e. The fourth-order valence-corrected chi connectivity index (χ4v) is 2.55. The molecule has 0 bridgehead atoms. The Labute approximate surface area is 152 Å². The molecule has 0 aliphatic heterocycles. The lowest BCUT2D eigenvalue weighted by atomic mass is 10.1. The molecule has 0 saturated heterocycles. The number of hydrogen-bond donors (Lipinski definition) is 2. The van der Waals surface area contributed by atoms with Gasteiger partial charge in [-0.25, -0.2) is 0 Å². The largest absolute Gasteiger partial charge is 0.378 e. The maximum atomic E-state index is 12.5. The van der Waals surface area contributed by atoms with E-state index in [4.69, 9.17) is 0 Å². The Morgan fingerprint density at radius 3 is 2.08 bits per heavy atom. The van der Waals surface area contributed by atoms with E-state index in [1.807, 2.05) is 72.4 Å². The van der Waals surface area contributed by atoms with Crippen molar-refractivity contribution in [3.8, 4) is 5.69 Å². The Hall–Kier alpha value is -3.54. The molecule has 0 radical (unpaired) electrons. The summed E-state index contributed by atoms with van der Waals surface area (Å²) in [6.07, 6.45) is 3.72. The molecule has 3 rings (SSSR count). The summed E-state index contributed by atoms with van der Waals surface area (Å²) >= 11 is 0. The number of aromatic nitrogens is 1. The predicted molar refractivity (Wildman–Crippen MR) is 101 cm³/mol. The van der Waals surface area contributed by atoms with Gasteiger partial charge in [-0.15, -0.1) is 0 Å². The molecule has 132 valence electrons. The van der Waals surface area contributed by atoms with E-state index in [2.05, 4.69) is 10.9 Å². The highest BCUT2D eigenvalue weighted by molar-refractivity contribution is 6.01. The molecule has 0 aliphatic rings. The second-order valence-corrected chi connectivity index (χ2v) is 5.96. The number of benzene rings is 2. The van der Waals surface area contributed by atoms with Gasteiger partial charge in [0.15, 0.2) is 0 Å². The lowest BCUT2D eigenvalue weighted by Crippen LogP contribution is -2.41. The van der Waals surface area contributed by atoms with E-state index < -0.39 is 0 Å². The molecule has 1 aromatic heterocycles. The van der Waals surface area contributed by atoms with Gasteiger partial charge in [0.25, 0.3) is 11.8 Å². The minimum absolute atomic E-state index is 0.373. The molecule has 3 aromatic rings. The Balaban J connectivity index is 1.69. The third kappa shape index (κ3) is 3.75. The van der Waals surface area contributed by atoms with Crippen molar-refractivity contribution in [2.75, 3.05) is 19.0 Å². The highest BCUT2D eigenvalue weighted by Gasteiger charge is 2.13. The number of hydrazine groups is 1. The zero-order valence-electron chi connectivity index (χ0n) is 14.6. The molecular formula is C20H20N4O2. The van der Waals surface area contributed by atoms with Crippen LogP contribution in [0.4, 0.5) is 5.69 Å². The van der Waals surface area contributed by atoms with Crippen LogP contribution >= 0.6 is 0 Å². The van der Waals surface area contributed by atoms with Crippen molar-refractivity contribution in [3.63, 3.8) is 0 Å². The van der Waals surface area contributed by atoms with Gasteiger partial charge < -0.3 is 9.47 Å². The van der Waals surface area contributed by atoms with Crippen LogP contribution in [-0.2, 0) is 0 Å². The highest BCUT2D eigenvalue weighted by atomic mass is 16.2. The van der Waals surface area contributed by atoms with Gasteiger partial charge in [0.2, 0.25) is 0 Å². The molecule has 0 aliphatic carbocycles. The molecule has 0 saturated carbocycles. The standard InChI is InChI=1S/C20H20N4O2/c1-23(2)16-11-9-15(10-12-16)19(25)21-22-20(26)17-7-3-4-8-18(17)24-13-5-6-14-24/h3-14H,1-2H3,(H,21,25)(H,22,26). The molecule has 1 heterocycles. The summed E-state index contributed by atoms with van der Waals surface area (Å²) in [6.45, 7) is 0. The summed E-state index contributed by atoms with van der Waals surface area (Å²) < 4.78 is 1.84. The van der Waals surface area contributed by atoms with Crippen molar-refractivity contribution in [3.05, 3.63) is 84.2 Å². The van der Waals surface area contributed by atoms with Crippen LogP contribution in [0.15, 0.2) is 73.1 Å². The third-order valence-corrected chi connectivity index (χ3v) is 3.97. The average molecular weight is 348 g/mol. The SMILES string of the molecule is CN(C)c1ccc(C(=O)NNC(=O)c2ccccc2-n2cccc2)cc1. The maximum Gasteiger partial charge on any atom is 0.271 e. The van der Waals surface area contributed by atoms with Gasteiger partial charge in [-0.2, -0.15) is 0 Å². The van der Waals surface area contributed by atoms with Crippen molar-refractivity contribution >= 4 is 17.5 Å². The summed E-state index contributed by atoms with van der Waals surface area (Å²) in [7, 11) is 3.86. The molecule has 0 spiro atoms. The maximum absolute atomic E-state index is 12.5. The van der Waals surface area contributed by atoms with Crippen LogP contribution in [-0.4, -0.2) is 30.5 Å². The Bertz CT molecular complexity index is 900. The second-order valence-electron chi connectivity index (χ2n) is 5.96. The summed E-state index contributed by atoms with van der Waals surface area (Å²) in [4.78, 5) is 26.7. The summed E-state index contributed by atoms with van der Waals surface area (Å²) in [6, 6.07) is 18.1. The minimum atomic E-state index is -0.382. The van der Waals surface area contributed by atoms with Gasteiger partial charge in [-0.05, 0) is 48.5 Å². The van der Waals surface area contributed by atoms with E-state index in [0.717, 1.165) is 11.4 Å².